The number of ether oxygens (including phenoxy) is 1. The van der Waals surface area contributed by atoms with E-state index in [0.29, 0.717) is 16.5 Å². The van der Waals surface area contributed by atoms with Crippen LogP contribution in [0.4, 0.5) is 0 Å². The number of hydrogen-bond acceptors (Lipinski definition) is 4. The van der Waals surface area contributed by atoms with Gasteiger partial charge in [-0.3, -0.25) is 4.79 Å². The zero-order valence-electron chi connectivity index (χ0n) is 12.5. The van der Waals surface area contributed by atoms with Crippen molar-refractivity contribution < 1.29 is 14.6 Å². The molecule has 112 valence electrons. The predicted octanol–water partition coefficient (Wildman–Crippen LogP) is 2.37. The molecule has 1 aromatic rings. The number of likely N-dealkylation sites (N-methyl/N-ethyl adjacent to an activating group) is 1. The fraction of sp³-hybridized carbons (Fsp3) is 0.571. The SMILES string of the molecule is CC(C)Oc1ncc(C(=O)N(C)CC(C)(C)O)cc1Cl. The first kappa shape index (κ1) is 16.7. The van der Waals surface area contributed by atoms with Crippen LogP contribution in [0.15, 0.2) is 12.3 Å². The molecule has 0 spiro atoms. The lowest BCUT2D eigenvalue weighted by molar-refractivity contribution is 0.0367. The van der Waals surface area contributed by atoms with Crippen molar-refractivity contribution >= 4 is 17.5 Å². The van der Waals surface area contributed by atoms with Crippen LogP contribution in [0.1, 0.15) is 38.1 Å². The van der Waals surface area contributed by atoms with E-state index in [4.69, 9.17) is 16.3 Å². The molecule has 0 fully saturated rings. The summed E-state index contributed by atoms with van der Waals surface area (Å²) in [5.74, 6) is 0.0565. The Morgan fingerprint density at radius 3 is 2.60 bits per heavy atom. The number of hydrogen-bond donors (Lipinski definition) is 1. The first-order valence-corrected chi connectivity index (χ1v) is 6.78. The van der Waals surface area contributed by atoms with Crippen LogP contribution in [0, 0.1) is 0 Å². The van der Waals surface area contributed by atoms with Gasteiger partial charge in [0, 0.05) is 19.8 Å². The lowest BCUT2D eigenvalue weighted by Gasteiger charge is -2.25. The van der Waals surface area contributed by atoms with Crippen molar-refractivity contribution in [2.45, 2.75) is 39.4 Å². The zero-order valence-corrected chi connectivity index (χ0v) is 13.2. The number of amides is 1. The van der Waals surface area contributed by atoms with Crippen molar-refractivity contribution in [2.24, 2.45) is 0 Å². The van der Waals surface area contributed by atoms with Crippen LogP contribution < -0.4 is 4.74 Å². The molecular formula is C14H21ClN2O3. The van der Waals surface area contributed by atoms with E-state index in [9.17, 15) is 9.90 Å². The molecule has 1 aromatic heterocycles. The molecule has 0 saturated carbocycles. The van der Waals surface area contributed by atoms with Crippen LogP contribution in [0.2, 0.25) is 5.02 Å². The summed E-state index contributed by atoms with van der Waals surface area (Å²) in [6.45, 7) is 7.24. The molecule has 1 heterocycles. The summed E-state index contributed by atoms with van der Waals surface area (Å²) in [5, 5.41) is 10.0. The van der Waals surface area contributed by atoms with Crippen molar-refractivity contribution in [3.63, 3.8) is 0 Å². The number of carbonyl (C=O) groups is 1. The second kappa shape index (κ2) is 6.41. The minimum absolute atomic E-state index is 0.0422. The quantitative estimate of drug-likeness (QED) is 0.907. The van der Waals surface area contributed by atoms with Gasteiger partial charge in [0.05, 0.1) is 17.3 Å². The number of aromatic nitrogens is 1. The predicted molar refractivity (Wildman–Crippen MR) is 78.3 cm³/mol. The first-order valence-electron chi connectivity index (χ1n) is 6.40. The van der Waals surface area contributed by atoms with Crippen molar-refractivity contribution in [2.75, 3.05) is 13.6 Å². The summed E-state index contributed by atoms with van der Waals surface area (Å²) in [4.78, 5) is 17.7. The Labute approximate surface area is 124 Å². The van der Waals surface area contributed by atoms with E-state index in [1.54, 1.807) is 20.9 Å². The zero-order chi connectivity index (χ0) is 15.5. The van der Waals surface area contributed by atoms with Gasteiger partial charge < -0.3 is 14.7 Å². The van der Waals surface area contributed by atoms with Gasteiger partial charge in [0.1, 0.15) is 5.02 Å². The Hall–Kier alpha value is -1.33. The third-order valence-electron chi connectivity index (χ3n) is 2.37. The molecule has 1 rings (SSSR count). The third kappa shape index (κ3) is 4.98. The van der Waals surface area contributed by atoms with E-state index < -0.39 is 5.60 Å². The normalized spacial score (nSPS) is 11.6. The largest absolute Gasteiger partial charge is 0.474 e. The Morgan fingerprint density at radius 1 is 1.55 bits per heavy atom. The van der Waals surface area contributed by atoms with Crippen molar-refractivity contribution in [1.82, 2.24) is 9.88 Å². The van der Waals surface area contributed by atoms with Gasteiger partial charge in [-0.25, -0.2) is 4.98 Å². The average Bonchev–Trinajstić information content (AvgIpc) is 2.28. The molecular weight excluding hydrogens is 280 g/mol. The van der Waals surface area contributed by atoms with Crippen LogP contribution in [0.3, 0.4) is 0 Å². The maximum atomic E-state index is 12.2. The van der Waals surface area contributed by atoms with Crippen LogP contribution >= 0.6 is 11.6 Å². The summed E-state index contributed by atoms with van der Waals surface area (Å²) >= 11 is 6.05. The van der Waals surface area contributed by atoms with Gasteiger partial charge in [-0.05, 0) is 33.8 Å². The van der Waals surface area contributed by atoms with Crippen molar-refractivity contribution in [3.05, 3.63) is 22.8 Å². The van der Waals surface area contributed by atoms with E-state index >= 15 is 0 Å². The highest BCUT2D eigenvalue weighted by molar-refractivity contribution is 6.32. The molecule has 1 N–H and O–H groups in total. The van der Waals surface area contributed by atoms with Crippen LogP contribution in [0.25, 0.3) is 0 Å². The second-order valence-corrected chi connectivity index (χ2v) is 6.06. The van der Waals surface area contributed by atoms with E-state index in [1.807, 2.05) is 13.8 Å². The Bertz CT molecular complexity index is 484. The van der Waals surface area contributed by atoms with Crippen molar-refractivity contribution in [3.8, 4) is 5.88 Å². The minimum atomic E-state index is -0.956. The molecule has 20 heavy (non-hydrogen) atoms. The number of nitrogens with zero attached hydrogens (tertiary/aromatic N) is 2. The fourth-order valence-electron chi connectivity index (χ4n) is 1.72. The Balaban J connectivity index is 2.87. The molecule has 0 aliphatic carbocycles. The molecule has 0 radical (unpaired) electrons. The van der Waals surface area contributed by atoms with Crippen LogP contribution in [0.5, 0.6) is 5.88 Å². The molecule has 0 aliphatic rings. The number of rotatable bonds is 5. The lowest BCUT2D eigenvalue weighted by Crippen LogP contribution is -2.39. The standard InChI is InChI=1S/C14H21ClN2O3/c1-9(2)20-12-11(15)6-10(7-16-12)13(18)17(5)8-14(3,4)19/h6-7,9,19H,8H2,1-5H3. The summed E-state index contributed by atoms with van der Waals surface area (Å²) < 4.78 is 5.41. The number of halogens is 1. The summed E-state index contributed by atoms with van der Waals surface area (Å²) in [6, 6.07) is 1.52. The van der Waals surface area contributed by atoms with Gasteiger partial charge in [0.2, 0.25) is 5.88 Å². The highest BCUT2D eigenvalue weighted by atomic mass is 35.5. The molecule has 0 aromatic carbocycles. The topological polar surface area (TPSA) is 62.7 Å². The number of pyridine rings is 1. The minimum Gasteiger partial charge on any atom is -0.474 e. The monoisotopic (exact) mass is 300 g/mol. The van der Waals surface area contributed by atoms with Gasteiger partial charge in [-0.15, -0.1) is 0 Å². The van der Waals surface area contributed by atoms with E-state index in [-0.39, 0.29) is 18.6 Å². The van der Waals surface area contributed by atoms with Gasteiger partial charge in [0.25, 0.3) is 5.91 Å². The number of aliphatic hydroxyl groups is 1. The highest BCUT2D eigenvalue weighted by Crippen LogP contribution is 2.24. The van der Waals surface area contributed by atoms with Crippen LogP contribution in [-0.2, 0) is 0 Å². The average molecular weight is 301 g/mol. The Kier molecular flexibility index (Phi) is 5.36. The van der Waals surface area contributed by atoms with Gasteiger partial charge in [-0.2, -0.15) is 0 Å². The molecule has 0 atom stereocenters. The highest BCUT2D eigenvalue weighted by Gasteiger charge is 2.21. The summed E-state index contributed by atoms with van der Waals surface area (Å²) in [7, 11) is 1.62. The lowest BCUT2D eigenvalue weighted by atomic mass is 10.1. The maximum Gasteiger partial charge on any atom is 0.255 e. The first-order chi connectivity index (χ1) is 9.10. The Morgan fingerprint density at radius 2 is 2.15 bits per heavy atom. The van der Waals surface area contributed by atoms with E-state index in [1.165, 1.54) is 17.2 Å². The summed E-state index contributed by atoms with van der Waals surface area (Å²) in [5.41, 5.74) is -0.597. The van der Waals surface area contributed by atoms with E-state index in [0.717, 1.165) is 0 Å². The molecule has 0 unspecified atom stereocenters. The maximum absolute atomic E-state index is 12.2. The molecule has 0 bridgehead atoms. The number of carbonyl (C=O) groups excluding carboxylic acids is 1. The smallest absolute Gasteiger partial charge is 0.255 e. The van der Waals surface area contributed by atoms with Gasteiger partial charge in [0.15, 0.2) is 0 Å². The van der Waals surface area contributed by atoms with Crippen molar-refractivity contribution in [1.29, 1.82) is 0 Å². The molecule has 0 aliphatic heterocycles. The molecule has 0 saturated heterocycles. The fourth-order valence-corrected chi connectivity index (χ4v) is 1.94. The summed E-state index contributed by atoms with van der Waals surface area (Å²) in [6.07, 6.45) is 1.38. The molecule has 5 nitrogen and oxygen atoms in total. The molecule has 1 amide bonds. The van der Waals surface area contributed by atoms with Gasteiger partial charge >= 0.3 is 0 Å². The van der Waals surface area contributed by atoms with Gasteiger partial charge in [-0.1, -0.05) is 11.6 Å². The second-order valence-electron chi connectivity index (χ2n) is 5.65. The third-order valence-corrected chi connectivity index (χ3v) is 2.64. The van der Waals surface area contributed by atoms with Crippen LogP contribution in [-0.4, -0.2) is 46.2 Å². The molecule has 6 heteroatoms. The van der Waals surface area contributed by atoms with E-state index in [2.05, 4.69) is 4.98 Å².